The maximum absolute atomic E-state index is 12.5. The van der Waals surface area contributed by atoms with Gasteiger partial charge in [-0.05, 0) is 24.3 Å². The van der Waals surface area contributed by atoms with Crippen LogP contribution < -0.4 is 5.43 Å². The molecule has 0 radical (unpaired) electrons. The lowest BCUT2D eigenvalue weighted by Crippen LogP contribution is -2.16. The minimum absolute atomic E-state index is 0.178. The molecule has 20 heavy (non-hydrogen) atoms. The molecular weight excluding hydrogens is 278 g/mol. The van der Waals surface area contributed by atoms with Crippen molar-refractivity contribution in [2.75, 3.05) is 0 Å². The maximum atomic E-state index is 12.5. The number of halogens is 1. The molecule has 0 unspecified atom stereocenters. The molecule has 0 atom stereocenters. The molecule has 2 aromatic carbocycles. The summed E-state index contributed by atoms with van der Waals surface area (Å²) in [6, 6.07) is 12.0. The summed E-state index contributed by atoms with van der Waals surface area (Å²) in [5, 5.41) is 10.2. The van der Waals surface area contributed by atoms with Crippen LogP contribution in [0.1, 0.15) is 0 Å². The van der Waals surface area contributed by atoms with Crippen molar-refractivity contribution in [1.82, 2.24) is 4.57 Å². The first kappa shape index (κ1) is 12.7. The highest BCUT2D eigenvalue weighted by atomic mass is 35.5. The van der Waals surface area contributed by atoms with Gasteiger partial charge in [-0.3, -0.25) is 9.59 Å². The standard InChI is InChI=1S/C15H10ClNO3/c16-10-5-3-7-12-14(10)15(20)9-4-1-2-6-11(9)17(12)8-13(18)19/h1-7H,8H2,(H,18,19). The monoisotopic (exact) mass is 287 g/mol. The van der Waals surface area contributed by atoms with Crippen molar-refractivity contribution in [2.45, 2.75) is 6.54 Å². The van der Waals surface area contributed by atoms with Gasteiger partial charge in [0.25, 0.3) is 0 Å². The highest BCUT2D eigenvalue weighted by molar-refractivity contribution is 6.35. The van der Waals surface area contributed by atoms with Crippen molar-refractivity contribution in [3.8, 4) is 0 Å². The number of aliphatic carboxylic acids is 1. The molecule has 0 saturated heterocycles. The van der Waals surface area contributed by atoms with E-state index >= 15 is 0 Å². The second-order valence-electron chi connectivity index (χ2n) is 4.46. The molecule has 1 N–H and O–H groups in total. The summed E-state index contributed by atoms with van der Waals surface area (Å²) in [7, 11) is 0. The second-order valence-corrected chi connectivity index (χ2v) is 4.87. The molecule has 3 aromatic rings. The third-order valence-electron chi connectivity index (χ3n) is 3.24. The van der Waals surface area contributed by atoms with E-state index in [1.165, 1.54) is 0 Å². The summed E-state index contributed by atoms with van der Waals surface area (Å²) in [4.78, 5) is 23.6. The Morgan fingerprint density at radius 1 is 1.10 bits per heavy atom. The predicted octanol–water partition coefficient (Wildman–Crippen LogP) is 2.89. The third kappa shape index (κ3) is 1.85. The molecule has 0 fully saturated rings. The Labute approximate surface area is 118 Å². The molecule has 1 aromatic heterocycles. The zero-order chi connectivity index (χ0) is 14.3. The second kappa shape index (κ2) is 4.65. The largest absolute Gasteiger partial charge is 0.480 e. The molecule has 4 nitrogen and oxygen atoms in total. The van der Waals surface area contributed by atoms with Crippen molar-refractivity contribution in [1.29, 1.82) is 0 Å². The van der Waals surface area contributed by atoms with E-state index in [9.17, 15) is 9.59 Å². The number of fused-ring (bicyclic) bond motifs is 2. The van der Waals surface area contributed by atoms with Crippen LogP contribution in [0.3, 0.4) is 0 Å². The van der Waals surface area contributed by atoms with Gasteiger partial charge in [-0.1, -0.05) is 29.8 Å². The van der Waals surface area contributed by atoms with Crippen LogP contribution >= 0.6 is 11.6 Å². The van der Waals surface area contributed by atoms with Crippen molar-refractivity contribution in [3.63, 3.8) is 0 Å². The molecular formula is C15H10ClNO3. The molecule has 0 aliphatic heterocycles. The SMILES string of the molecule is O=C(O)Cn1c2ccccc2c(=O)c2c(Cl)cccc21. The number of nitrogens with zero attached hydrogens (tertiary/aromatic N) is 1. The normalized spacial score (nSPS) is 11.1. The first-order valence-electron chi connectivity index (χ1n) is 6.01. The Hall–Kier alpha value is -2.33. The number of hydrogen-bond donors (Lipinski definition) is 1. The Morgan fingerprint density at radius 2 is 1.80 bits per heavy atom. The molecule has 0 aliphatic carbocycles. The minimum atomic E-state index is -0.972. The molecule has 5 heteroatoms. The summed E-state index contributed by atoms with van der Waals surface area (Å²) in [5.41, 5.74) is 0.945. The Kier molecular flexibility index (Phi) is 2.95. The average molecular weight is 288 g/mol. The smallest absolute Gasteiger partial charge is 0.323 e. The number of benzene rings is 2. The van der Waals surface area contributed by atoms with Gasteiger partial charge in [0.05, 0.1) is 21.4 Å². The van der Waals surface area contributed by atoms with E-state index in [-0.39, 0.29) is 12.0 Å². The Bertz CT molecular complexity index is 899. The Morgan fingerprint density at radius 3 is 2.55 bits per heavy atom. The molecule has 1 heterocycles. The average Bonchev–Trinajstić information content (AvgIpc) is 2.43. The van der Waals surface area contributed by atoms with Gasteiger partial charge in [0.15, 0.2) is 5.43 Å². The lowest BCUT2D eigenvalue weighted by atomic mass is 10.1. The molecule has 100 valence electrons. The summed E-state index contributed by atoms with van der Waals surface area (Å²) in [6.45, 7) is -0.225. The molecule has 3 rings (SSSR count). The zero-order valence-corrected chi connectivity index (χ0v) is 11.1. The summed E-state index contributed by atoms with van der Waals surface area (Å²) < 4.78 is 1.60. The quantitative estimate of drug-likeness (QED) is 0.737. The fourth-order valence-electron chi connectivity index (χ4n) is 2.43. The highest BCUT2D eigenvalue weighted by Crippen LogP contribution is 2.24. The number of carboxylic acids is 1. The van der Waals surface area contributed by atoms with Crippen molar-refractivity contribution in [2.24, 2.45) is 0 Å². The summed E-state index contributed by atoms with van der Waals surface area (Å²) >= 11 is 6.11. The van der Waals surface area contributed by atoms with E-state index in [0.29, 0.717) is 26.8 Å². The van der Waals surface area contributed by atoms with E-state index in [2.05, 4.69) is 0 Å². The molecule has 0 saturated carbocycles. The van der Waals surface area contributed by atoms with Gasteiger partial charge in [0.1, 0.15) is 6.54 Å². The lowest BCUT2D eigenvalue weighted by Gasteiger charge is -2.13. The van der Waals surface area contributed by atoms with Crippen molar-refractivity contribution in [3.05, 3.63) is 57.7 Å². The van der Waals surface area contributed by atoms with Gasteiger partial charge in [-0.15, -0.1) is 0 Å². The predicted molar refractivity (Wildman–Crippen MR) is 78.4 cm³/mol. The Balaban J connectivity index is 2.60. The topological polar surface area (TPSA) is 59.3 Å². The number of carboxylic acid groups (broad SMARTS) is 1. The molecule has 0 bridgehead atoms. The first-order chi connectivity index (χ1) is 9.59. The number of pyridine rings is 1. The fourth-order valence-corrected chi connectivity index (χ4v) is 2.69. The molecule has 0 aliphatic rings. The van der Waals surface area contributed by atoms with E-state index in [4.69, 9.17) is 16.7 Å². The maximum Gasteiger partial charge on any atom is 0.323 e. The number of rotatable bonds is 2. The van der Waals surface area contributed by atoms with Gasteiger partial charge in [-0.25, -0.2) is 0 Å². The number of carbonyl (C=O) groups is 1. The van der Waals surface area contributed by atoms with Crippen LogP contribution in [0, 0.1) is 0 Å². The summed E-state index contributed by atoms with van der Waals surface area (Å²) in [5.74, 6) is -0.972. The number of para-hydroxylation sites is 1. The first-order valence-corrected chi connectivity index (χ1v) is 6.39. The minimum Gasteiger partial charge on any atom is -0.480 e. The highest BCUT2D eigenvalue weighted by Gasteiger charge is 2.14. The molecule has 0 amide bonds. The van der Waals surface area contributed by atoms with Crippen LogP contribution in [0.15, 0.2) is 47.3 Å². The fraction of sp³-hybridized carbons (Fsp3) is 0.0667. The van der Waals surface area contributed by atoms with Gasteiger partial charge in [0, 0.05) is 5.39 Å². The van der Waals surface area contributed by atoms with Gasteiger partial charge < -0.3 is 9.67 Å². The lowest BCUT2D eigenvalue weighted by molar-refractivity contribution is -0.137. The van der Waals surface area contributed by atoms with Crippen LogP contribution in [0.4, 0.5) is 0 Å². The van der Waals surface area contributed by atoms with E-state index in [0.717, 1.165) is 0 Å². The van der Waals surface area contributed by atoms with E-state index in [1.54, 1.807) is 47.0 Å². The van der Waals surface area contributed by atoms with Crippen LogP contribution in [0.5, 0.6) is 0 Å². The molecule has 0 spiro atoms. The van der Waals surface area contributed by atoms with Gasteiger partial charge in [0.2, 0.25) is 0 Å². The number of aromatic nitrogens is 1. The van der Waals surface area contributed by atoms with Gasteiger partial charge in [-0.2, -0.15) is 0 Å². The van der Waals surface area contributed by atoms with Crippen molar-refractivity contribution < 1.29 is 9.90 Å². The van der Waals surface area contributed by atoms with Crippen LogP contribution in [-0.4, -0.2) is 15.6 Å². The van der Waals surface area contributed by atoms with Crippen LogP contribution in [0.2, 0.25) is 5.02 Å². The van der Waals surface area contributed by atoms with Gasteiger partial charge >= 0.3 is 5.97 Å². The third-order valence-corrected chi connectivity index (χ3v) is 3.56. The van der Waals surface area contributed by atoms with Crippen molar-refractivity contribution >= 4 is 39.4 Å². The number of hydrogen-bond acceptors (Lipinski definition) is 2. The zero-order valence-electron chi connectivity index (χ0n) is 10.3. The van der Waals surface area contributed by atoms with E-state index in [1.807, 2.05) is 0 Å². The van der Waals surface area contributed by atoms with Crippen LogP contribution in [-0.2, 0) is 11.3 Å². The summed E-state index contributed by atoms with van der Waals surface area (Å²) in [6.07, 6.45) is 0. The van der Waals surface area contributed by atoms with E-state index < -0.39 is 5.97 Å². The van der Waals surface area contributed by atoms with Crippen LogP contribution in [0.25, 0.3) is 21.8 Å².